The summed E-state index contributed by atoms with van der Waals surface area (Å²) in [4.78, 5) is 18.5. The van der Waals surface area contributed by atoms with Gasteiger partial charge in [-0.1, -0.05) is 0 Å². The van der Waals surface area contributed by atoms with Gasteiger partial charge in [0.05, 0.1) is 25.2 Å². The zero-order chi connectivity index (χ0) is 15.2. The molecule has 0 spiro atoms. The summed E-state index contributed by atoms with van der Waals surface area (Å²) in [5.74, 6) is 0.422. The number of amides is 1. The van der Waals surface area contributed by atoms with Crippen LogP contribution in [0.5, 0.6) is 0 Å². The molecule has 0 saturated carbocycles. The van der Waals surface area contributed by atoms with Gasteiger partial charge in [-0.25, -0.2) is 4.98 Å². The van der Waals surface area contributed by atoms with Crippen LogP contribution in [-0.4, -0.2) is 42.1 Å². The van der Waals surface area contributed by atoms with E-state index in [4.69, 9.17) is 9.15 Å². The highest BCUT2D eigenvalue weighted by Crippen LogP contribution is 2.17. The highest BCUT2D eigenvalue weighted by Gasteiger charge is 2.13. The van der Waals surface area contributed by atoms with Gasteiger partial charge >= 0.3 is 0 Å². The number of nitrogens with zero attached hydrogens (tertiary/aromatic N) is 2. The highest BCUT2D eigenvalue weighted by molar-refractivity contribution is 7.13. The Hall–Kier alpha value is -1.96. The maximum atomic E-state index is 11.8. The number of hydrogen-bond donors (Lipinski definition) is 1. The number of hydrogen-bond acceptors (Lipinski definition) is 6. The molecule has 7 heteroatoms. The minimum Gasteiger partial charge on any atom is -0.465 e. The molecule has 2 aromatic heterocycles. The molecule has 3 heterocycles. The van der Waals surface area contributed by atoms with Gasteiger partial charge in [0.15, 0.2) is 5.13 Å². The van der Waals surface area contributed by atoms with Gasteiger partial charge < -0.3 is 9.15 Å². The van der Waals surface area contributed by atoms with Gasteiger partial charge in [0.1, 0.15) is 5.76 Å². The molecule has 0 atom stereocenters. The molecule has 1 N–H and O–H groups in total. The number of anilines is 1. The van der Waals surface area contributed by atoms with Crippen molar-refractivity contribution in [3.8, 4) is 0 Å². The normalized spacial score (nSPS) is 16.2. The lowest BCUT2D eigenvalue weighted by molar-refractivity contribution is -0.111. The number of nitrogens with one attached hydrogen (secondary N) is 1. The lowest BCUT2D eigenvalue weighted by Gasteiger charge is -2.25. The summed E-state index contributed by atoms with van der Waals surface area (Å²) in [6.45, 7) is 4.17. The van der Waals surface area contributed by atoms with E-state index in [1.807, 2.05) is 5.38 Å². The molecule has 2 aromatic rings. The van der Waals surface area contributed by atoms with E-state index in [-0.39, 0.29) is 5.91 Å². The fourth-order valence-electron chi connectivity index (χ4n) is 2.12. The SMILES string of the molecule is O=C(/C=C\c1ccco1)Nc1nc(CN2CCOCC2)cs1. The Morgan fingerprint density at radius 3 is 3.09 bits per heavy atom. The molecule has 22 heavy (non-hydrogen) atoms. The maximum Gasteiger partial charge on any atom is 0.250 e. The van der Waals surface area contributed by atoms with Crippen LogP contribution in [0.1, 0.15) is 11.5 Å². The van der Waals surface area contributed by atoms with Crippen molar-refractivity contribution in [1.82, 2.24) is 9.88 Å². The molecule has 1 aliphatic heterocycles. The first-order chi connectivity index (χ1) is 10.8. The van der Waals surface area contributed by atoms with Gasteiger partial charge in [-0.15, -0.1) is 11.3 Å². The smallest absolute Gasteiger partial charge is 0.250 e. The first kappa shape index (κ1) is 15.0. The minimum absolute atomic E-state index is 0.219. The topological polar surface area (TPSA) is 67.6 Å². The third-order valence-corrected chi connectivity index (χ3v) is 4.02. The van der Waals surface area contributed by atoms with E-state index in [0.717, 1.165) is 38.5 Å². The van der Waals surface area contributed by atoms with E-state index in [1.54, 1.807) is 24.5 Å². The Morgan fingerprint density at radius 1 is 1.45 bits per heavy atom. The fraction of sp³-hybridized carbons (Fsp3) is 0.333. The van der Waals surface area contributed by atoms with Crippen molar-refractivity contribution >= 4 is 28.5 Å². The highest BCUT2D eigenvalue weighted by atomic mass is 32.1. The van der Waals surface area contributed by atoms with E-state index in [2.05, 4.69) is 15.2 Å². The van der Waals surface area contributed by atoms with Crippen LogP contribution in [0.4, 0.5) is 5.13 Å². The molecule has 0 aliphatic carbocycles. The van der Waals surface area contributed by atoms with Gasteiger partial charge in [-0.3, -0.25) is 15.0 Å². The van der Waals surface area contributed by atoms with Crippen LogP contribution in [0.25, 0.3) is 6.08 Å². The van der Waals surface area contributed by atoms with E-state index < -0.39 is 0 Å². The van der Waals surface area contributed by atoms with Crippen LogP contribution in [0.2, 0.25) is 0 Å². The number of ether oxygens (including phenoxy) is 1. The fourth-order valence-corrected chi connectivity index (χ4v) is 2.82. The van der Waals surface area contributed by atoms with Gasteiger partial charge in [-0.05, 0) is 18.2 Å². The minimum atomic E-state index is -0.219. The number of thiazole rings is 1. The Morgan fingerprint density at radius 2 is 2.32 bits per heavy atom. The van der Waals surface area contributed by atoms with Crippen LogP contribution < -0.4 is 5.32 Å². The summed E-state index contributed by atoms with van der Waals surface area (Å²) in [6, 6.07) is 3.56. The lowest BCUT2D eigenvalue weighted by atomic mass is 10.3. The molecule has 116 valence electrons. The Bertz CT molecular complexity index is 630. The number of aromatic nitrogens is 1. The number of carbonyl (C=O) groups is 1. The van der Waals surface area contributed by atoms with E-state index >= 15 is 0 Å². The Labute approximate surface area is 132 Å². The second-order valence-corrected chi connectivity index (χ2v) is 5.73. The molecular formula is C15H17N3O3S. The maximum absolute atomic E-state index is 11.8. The number of rotatable bonds is 5. The summed E-state index contributed by atoms with van der Waals surface area (Å²) in [5.41, 5.74) is 0.970. The first-order valence-corrected chi connectivity index (χ1v) is 7.94. The lowest BCUT2D eigenvalue weighted by Crippen LogP contribution is -2.35. The average molecular weight is 319 g/mol. The summed E-state index contributed by atoms with van der Waals surface area (Å²) in [5, 5.41) is 5.34. The van der Waals surface area contributed by atoms with Crippen molar-refractivity contribution < 1.29 is 13.9 Å². The van der Waals surface area contributed by atoms with Gasteiger partial charge in [0.25, 0.3) is 0 Å². The average Bonchev–Trinajstić information content (AvgIpc) is 3.18. The molecule has 1 aliphatic rings. The quantitative estimate of drug-likeness (QED) is 0.856. The Kier molecular flexibility index (Phi) is 4.99. The molecular weight excluding hydrogens is 302 g/mol. The van der Waals surface area contributed by atoms with Crippen molar-refractivity contribution in [1.29, 1.82) is 0 Å². The monoisotopic (exact) mass is 319 g/mol. The van der Waals surface area contributed by atoms with Gasteiger partial charge in [-0.2, -0.15) is 0 Å². The van der Waals surface area contributed by atoms with Crippen molar-refractivity contribution in [2.24, 2.45) is 0 Å². The number of morpholine rings is 1. The van der Waals surface area contributed by atoms with Gasteiger partial charge in [0, 0.05) is 31.1 Å². The van der Waals surface area contributed by atoms with Crippen molar-refractivity contribution in [2.45, 2.75) is 6.54 Å². The van der Waals surface area contributed by atoms with Crippen LogP contribution in [0, 0.1) is 0 Å². The predicted octanol–water partition coefficient (Wildman–Crippen LogP) is 2.22. The van der Waals surface area contributed by atoms with E-state index in [1.165, 1.54) is 17.4 Å². The number of furan rings is 1. The van der Waals surface area contributed by atoms with Crippen LogP contribution in [0.3, 0.4) is 0 Å². The standard InChI is InChI=1S/C15H17N3O3S/c19-14(4-3-13-2-1-7-21-13)17-15-16-12(11-22-15)10-18-5-8-20-9-6-18/h1-4,7,11H,5-6,8-10H2,(H,16,17,19)/b4-3-. The molecule has 1 fully saturated rings. The van der Waals surface area contributed by atoms with Crippen molar-refractivity contribution in [3.05, 3.63) is 41.3 Å². The van der Waals surface area contributed by atoms with E-state index in [9.17, 15) is 4.79 Å². The first-order valence-electron chi connectivity index (χ1n) is 7.07. The number of carbonyl (C=O) groups excluding carboxylic acids is 1. The van der Waals surface area contributed by atoms with Crippen molar-refractivity contribution in [3.63, 3.8) is 0 Å². The molecule has 0 unspecified atom stereocenters. The summed E-state index contributed by atoms with van der Waals surface area (Å²) >= 11 is 1.43. The molecule has 1 saturated heterocycles. The molecule has 0 radical (unpaired) electrons. The Balaban J connectivity index is 1.51. The van der Waals surface area contributed by atoms with Crippen LogP contribution >= 0.6 is 11.3 Å². The molecule has 6 nitrogen and oxygen atoms in total. The second-order valence-electron chi connectivity index (χ2n) is 4.87. The molecule has 3 rings (SSSR count). The third kappa shape index (κ3) is 4.27. The summed E-state index contributed by atoms with van der Waals surface area (Å²) in [6.07, 6.45) is 4.62. The summed E-state index contributed by atoms with van der Waals surface area (Å²) < 4.78 is 10.4. The van der Waals surface area contributed by atoms with E-state index in [0.29, 0.717) is 10.9 Å². The molecule has 1 amide bonds. The predicted molar refractivity (Wildman–Crippen MR) is 84.6 cm³/mol. The van der Waals surface area contributed by atoms with Crippen molar-refractivity contribution in [2.75, 3.05) is 31.6 Å². The van der Waals surface area contributed by atoms with Crippen LogP contribution in [0.15, 0.2) is 34.3 Å². The molecule has 0 aromatic carbocycles. The largest absolute Gasteiger partial charge is 0.465 e. The third-order valence-electron chi connectivity index (χ3n) is 3.21. The van der Waals surface area contributed by atoms with Crippen LogP contribution in [-0.2, 0) is 16.1 Å². The second kappa shape index (κ2) is 7.35. The zero-order valence-corrected chi connectivity index (χ0v) is 12.8. The zero-order valence-electron chi connectivity index (χ0n) is 12.0. The summed E-state index contributed by atoms with van der Waals surface area (Å²) in [7, 11) is 0. The molecule has 0 bridgehead atoms. The van der Waals surface area contributed by atoms with Gasteiger partial charge in [0.2, 0.25) is 5.91 Å².